The minimum atomic E-state index is 0.234. The van der Waals surface area contributed by atoms with Gasteiger partial charge < -0.3 is 4.79 Å². The Balaban J connectivity index is 2.63. The Morgan fingerprint density at radius 1 is 1.58 bits per heavy atom. The zero-order valence-corrected chi connectivity index (χ0v) is 7.50. The van der Waals surface area contributed by atoms with Crippen molar-refractivity contribution < 1.29 is 4.79 Å². The molecule has 0 aromatic carbocycles. The highest BCUT2D eigenvalue weighted by Crippen LogP contribution is 2.06. The van der Waals surface area contributed by atoms with Crippen molar-refractivity contribution in [2.24, 2.45) is 0 Å². The first-order chi connectivity index (χ1) is 5.70. The molecule has 2 heteroatoms. The van der Waals surface area contributed by atoms with Gasteiger partial charge in [-0.1, -0.05) is 6.07 Å². The highest BCUT2D eigenvalue weighted by atomic mass is 16.1. The summed E-state index contributed by atoms with van der Waals surface area (Å²) in [6, 6.07) is 3.92. The normalized spacial score (nSPS) is 9.83. The van der Waals surface area contributed by atoms with Gasteiger partial charge in [0, 0.05) is 18.3 Å². The van der Waals surface area contributed by atoms with E-state index < -0.39 is 0 Å². The molecule has 0 saturated carbocycles. The third-order valence-electron chi connectivity index (χ3n) is 1.86. The molecule has 0 aliphatic heterocycles. The minimum Gasteiger partial charge on any atom is -0.300 e. The van der Waals surface area contributed by atoms with Gasteiger partial charge in [0.25, 0.3) is 0 Å². The van der Waals surface area contributed by atoms with Crippen molar-refractivity contribution in [2.45, 2.75) is 26.7 Å². The number of Topliss-reactive ketones (excluding diaryl/α,β-unsaturated/α-hetero) is 1. The highest BCUT2D eigenvalue weighted by molar-refractivity contribution is 5.75. The minimum absolute atomic E-state index is 0.234. The van der Waals surface area contributed by atoms with Gasteiger partial charge in [0.05, 0.1) is 0 Å². The van der Waals surface area contributed by atoms with E-state index in [-0.39, 0.29) is 5.78 Å². The maximum absolute atomic E-state index is 10.7. The Bertz CT molecular complexity index is 281. The van der Waals surface area contributed by atoms with Crippen LogP contribution in [0.2, 0.25) is 0 Å². The smallest absolute Gasteiger partial charge is 0.130 e. The third kappa shape index (κ3) is 2.46. The summed E-state index contributed by atoms with van der Waals surface area (Å²) in [5.74, 6) is 0.234. The molecule has 1 heterocycles. The number of carbonyl (C=O) groups is 1. The molecule has 1 rings (SSSR count). The number of ketones is 1. The van der Waals surface area contributed by atoms with E-state index in [1.165, 1.54) is 5.56 Å². The van der Waals surface area contributed by atoms with E-state index in [1.54, 1.807) is 13.1 Å². The van der Waals surface area contributed by atoms with Gasteiger partial charge in [-0.2, -0.15) is 0 Å². The van der Waals surface area contributed by atoms with Gasteiger partial charge in [-0.3, -0.25) is 4.98 Å². The zero-order valence-electron chi connectivity index (χ0n) is 7.50. The van der Waals surface area contributed by atoms with Crippen molar-refractivity contribution in [3.05, 3.63) is 29.6 Å². The zero-order chi connectivity index (χ0) is 8.97. The molecule has 1 aromatic heterocycles. The number of hydrogen-bond donors (Lipinski definition) is 0. The van der Waals surface area contributed by atoms with Gasteiger partial charge in [0.2, 0.25) is 0 Å². The molecule has 0 N–H and O–H groups in total. The molecular weight excluding hydrogens is 150 g/mol. The molecule has 0 aliphatic carbocycles. The first-order valence-electron chi connectivity index (χ1n) is 4.10. The first kappa shape index (κ1) is 8.91. The molecule has 1 aromatic rings. The monoisotopic (exact) mass is 163 g/mol. The maximum Gasteiger partial charge on any atom is 0.130 e. The van der Waals surface area contributed by atoms with Crippen molar-refractivity contribution in [1.82, 2.24) is 4.98 Å². The Hall–Kier alpha value is -1.18. The van der Waals surface area contributed by atoms with E-state index in [9.17, 15) is 4.79 Å². The van der Waals surface area contributed by atoms with Crippen LogP contribution in [0.5, 0.6) is 0 Å². The number of aryl methyl sites for hydroxylation is 2. The summed E-state index contributed by atoms with van der Waals surface area (Å²) in [6.45, 7) is 3.58. The Morgan fingerprint density at radius 3 is 2.92 bits per heavy atom. The highest BCUT2D eigenvalue weighted by Gasteiger charge is 1.99. The number of nitrogens with zero attached hydrogens (tertiary/aromatic N) is 1. The molecule has 2 nitrogen and oxygen atoms in total. The van der Waals surface area contributed by atoms with Crippen LogP contribution >= 0.6 is 0 Å². The Labute approximate surface area is 72.6 Å². The summed E-state index contributed by atoms with van der Waals surface area (Å²) in [4.78, 5) is 14.9. The second-order valence-electron chi connectivity index (χ2n) is 2.95. The van der Waals surface area contributed by atoms with Crippen LogP contribution in [0.15, 0.2) is 18.3 Å². The van der Waals surface area contributed by atoms with E-state index in [1.807, 2.05) is 19.1 Å². The van der Waals surface area contributed by atoms with Gasteiger partial charge in [0.15, 0.2) is 0 Å². The lowest BCUT2D eigenvalue weighted by molar-refractivity contribution is -0.116. The first-order valence-corrected chi connectivity index (χ1v) is 4.10. The summed E-state index contributed by atoms with van der Waals surface area (Å²) in [6.07, 6.45) is 3.20. The molecule has 0 unspecified atom stereocenters. The van der Waals surface area contributed by atoms with Crippen LogP contribution in [0.1, 0.15) is 24.6 Å². The van der Waals surface area contributed by atoms with Crippen LogP contribution in [0.25, 0.3) is 0 Å². The lowest BCUT2D eigenvalue weighted by Gasteiger charge is -2.01. The van der Waals surface area contributed by atoms with Crippen LogP contribution in [0.4, 0.5) is 0 Å². The molecular formula is C10H13NO. The fraction of sp³-hybridized carbons (Fsp3) is 0.400. The summed E-state index contributed by atoms with van der Waals surface area (Å²) in [5.41, 5.74) is 2.20. The number of aromatic nitrogens is 1. The predicted molar refractivity (Wildman–Crippen MR) is 48.0 cm³/mol. The van der Waals surface area contributed by atoms with E-state index in [2.05, 4.69) is 4.98 Å². The van der Waals surface area contributed by atoms with E-state index >= 15 is 0 Å². The van der Waals surface area contributed by atoms with Gasteiger partial charge in [-0.25, -0.2) is 0 Å². The molecule has 0 spiro atoms. The molecule has 0 radical (unpaired) electrons. The molecule has 0 bridgehead atoms. The van der Waals surface area contributed by atoms with E-state index in [0.29, 0.717) is 6.42 Å². The Kier molecular flexibility index (Phi) is 2.97. The van der Waals surface area contributed by atoms with Crippen LogP contribution < -0.4 is 0 Å². The quantitative estimate of drug-likeness (QED) is 0.681. The van der Waals surface area contributed by atoms with Crippen molar-refractivity contribution >= 4 is 5.78 Å². The van der Waals surface area contributed by atoms with Crippen molar-refractivity contribution in [1.29, 1.82) is 0 Å². The standard InChI is InChI=1S/C10H13NO/c1-8(12)5-6-10-4-3-7-11-9(10)2/h3-4,7H,5-6H2,1-2H3. The van der Waals surface area contributed by atoms with E-state index in [0.717, 1.165) is 12.1 Å². The maximum atomic E-state index is 10.7. The molecule has 0 amide bonds. The summed E-state index contributed by atoms with van der Waals surface area (Å²) < 4.78 is 0. The van der Waals surface area contributed by atoms with Crippen LogP contribution in [0.3, 0.4) is 0 Å². The fourth-order valence-corrected chi connectivity index (χ4v) is 1.09. The topological polar surface area (TPSA) is 30.0 Å². The SMILES string of the molecule is CC(=O)CCc1cccnc1C. The van der Waals surface area contributed by atoms with Gasteiger partial charge in [-0.05, 0) is 31.9 Å². The van der Waals surface area contributed by atoms with Crippen LogP contribution in [0, 0.1) is 6.92 Å². The number of hydrogen-bond acceptors (Lipinski definition) is 2. The van der Waals surface area contributed by atoms with Crippen LogP contribution in [-0.4, -0.2) is 10.8 Å². The van der Waals surface area contributed by atoms with Gasteiger partial charge in [0.1, 0.15) is 5.78 Å². The summed E-state index contributed by atoms with van der Waals surface area (Å²) in [5, 5.41) is 0. The van der Waals surface area contributed by atoms with Crippen molar-refractivity contribution in [3.63, 3.8) is 0 Å². The molecule has 0 saturated heterocycles. The van der Waals surface area contributed by atoms with Gasteiger partial charge in [-0.15, -0.1) is 0 Å². The van der Waals surface area contributed by atoms with Crippen molar-refractivity contribution in [3.8, 4) is 0 Å². The third-order valence-corrected chi connectivity index (χ3v) is 1.86. The summed E-state index contributed by atoms with van der Waals surface area (Å²) in [7, 11) is 0. The average molecular weight is 163 g/mol. The lowest BCUT2D eigenvalue weighted by atomic mass is 10.1. The molecule has 0 atom stereocenters. The Morgan fingerprint density at radius 2 is 2.33 bits per heavy atom. The van der Waals surface area contributed by atoms with E-state index in [4.69, 9.17) is 0 Å². The predicted octanol–water partition coefficient (Wildman–Crippen LogP) is 1.91. The molecule has 0 fully saturated rings. The fourth-order valence-electron chi connectivity index (χ4n) is 1.09. The average Bonchev–Trinajstić information content (AvgIpc) is 2.03. The molecule has 64 valence electrons. The van der Waals surface area contributed by atoms with Gasteiger partial charge >= 0.3 is 0 Å². The number of carbonyl (C=O) groups excluding carboxylic acids is 1. The second-order valence-corrected chi connectivity index (χ2v) is 2.95. The second kappa shape index (κ2) is 4.00. The summed E-state index contributed by atoms with van der Waals surface area (Å²) >= 11 is 0. The molecule has 12 heavy (non-hydrogen) atoms. The van der Waals surface area contributed by atoms with Crippen LogP contribution in [-0.2, 0) is 11.2 Å². The number of pyridine rings is 1. The molecule has 0 aliphatic rings. The number of rotatable bonds is 3. The lowest BCUT2D eigenvalue weighted by Crippen LogP contribution is -1.97. The van der Waals surface area contributed by atoms with Crippen molar-refractivity contribution in [2.75, 3.05) is 0 Å². The largest absolute Gasteiger partial charge is 0.300 e.